The number of nitrogens with zero attached hydrogens (tertiary/aromatic N) is 1. The van der Waals surface area contributed by atoms with E-state index in [1.165, 1.54) is 5.56 Å². The molecule has 1 aliphatic carbocycles. The molecule has 3 heteroatoms. The van der Waals surface area contributed by atoms with E-state index in [1.807, 2.05) is 11.0 Å². The second-order valence-corrected chi connectivity index (χ2v) is 5.69. The van der Waals surface area contributed by atoms with Crippen molar-refractivity contribution in [1.82, 2.24) is 4.90 Å². The third kappa shape index (κ3) is 3.60. The summed E-state index contributed by atoms with van der Waals surface area (Å²) in [5, 5.41) is 0. The summed E-state index contributed by atoms with van der Waals surface area (Å²) in [6.07, 6.45) is 4.21. The molecule has 3 nitrogen and oxygen atoms in total. The van der Waals surface area contributed by atoms with Gasteiger partial charge in [-0.2, -0.15) is 0 Å². The summed E-state index contributed by atoms with van der Waals surface area (Å²) in [5.74, 6) is 0.875. The molecule has 20 heavy (non-hydrogen) atoms. The highest BCUT2D eigenvalue weighted by Crippen LogP contribution is 2.32. The third-order valence-electron chi connectivity index (χ3n) is 4.49. The molecule has 2 atom stereocenters. The smallest absolute Gasteiger partial charge is 0.226 e. The SMILES string of the molecule is CCN(CCc1ccccc1)C(=O)C1CCCC1CN. The zero-order chi connectivity index (χ0) is 14.4. The Labute approximate surface area is 122 Å². The number of benzene rings is 1. The highest BCUT2D eigenvalue weighted by Gasteiger charge is 2.34. The van der Waals surface area contributed by atoms with Crippen LogP contribution in [-0.2, 0) is 11.2 Å². The topological polar surface area (TPSA) is 46.3 Å². The lowest BCUT2D eigenvalue weighted by atomic mass is 9.94. The van der Waals surface area contributed by atoms with Gasteiger partial charge in [0.1, 0.15) is 0 Å². The molecule has 0 radical (unpaired) electrons. The summed E-state index contributed by atoms with van der Waals surface area (Å²) in [4.78, 5) is 14.6. The molecule has 1 aromatic rings. The van der Waals surface area contributed by atoms with Gasteiger partial charge in [0.05, 0.1) is 0 Å². The fourth-order valence-corrected chi connectivity index (χ4v) is 3.21. The van der Waals surface area contributed by atoms with Gasteiger partial charge >= 0.3 is 0 Å². The molecule has 1 aromatic carbocycles. The first-order valence-electron chi connectivity index (χ1n) is 7.79. The van der Waals surface area contributed by atoms with Crippen LogP contribution in [0.1, 0.15) is 31.7 Å². The molecule has 0 saturated heterocycles. The number of carbonyl (C=O) groups excluding carboxylic acids is 1. The predicted octanol–water partition coefficient (Wildman–Crippen LogP) is 2.45. The Morgan fingerprint density at radius 2 is 2.05 bits per heavy atom. The van der Waals surface area contributed by atoms with Crippen molar-refractivity contribution < 1.29 is 4.79 Å². The Morgan fingerprint density at radius 3 is 2.70 bits per heavy atom. The van der Waals surface area contributed by atoms with Crippen LogP contribution >= 0.6 is 0 Å². The number of amides is 1. The number of rotatable bonds is 6. The van der Waals surface area contributed by atoms with Gasteiger partial charge in [-0.25, -0.2) is 0 Å². The van der Waals surface area contributed by atoms with Crippen LogP contribution in [0.15, 0.2) is 30.3 Å². The fraction of sp³-hybridized carbons (Fsp3) is 0.588. The summed E-state index contributed by atoms with van der Waals surface area (Å²) in [5.41, 5.74) is 7.09. The minimum Gasteiger partial charge on any atom is -0.342 e. The van der Waals surface area contributed by atoms with Crippen molar-refractivity contribution in [2.75, 3.05) is 19.6 Å². The van der Waals surface area contributed by atoms with Gasteiger partial charge in [0.2, 0.25) is 5.91 Å². The van der Waals surface area contributed by atoms with Gasteiger partial charge in [-0.3, -0.25) is 4.79 Å². The lowest BCUT2D eigenvalue weighted by molar-refractivity contribution is -0.136. The molecule has 0 aromatic heterocycles. The summed E-state index contributed by atoms with van der Waals surface area (Å²) in [6, 6.07) is 10.4. The Hall–Kier alpha value is -1.35. The van der Waals surface area contributed by atoms with Crippen molar-refractivity contribution in [3.05, 3.63) is 35.9 Å². The van der Waals surface area contributed by atoms with E-state index in [-0.39, 0.29) is 5.92 Å². The molecule has 0 heterocycles. The lowest BCUT2D eigenvalue weighted by Gasteiger charge is -2.27. The maximum absolute atomic E-state index is 12.6. The summed E-state index contributed by atoms with van der Waals surface area (Å²) in [7, 11) is 0. The molecule has 110 valence electrons. The summed E-state index contributed by atoms with van der Waals surface area (Å²) >= 11 is 0. The van der Waals surface area contributed by atoms with Crippen molar-refractivity contribution in [3.8, 4) is 0 Å². The van der Waals surface area contributed by atoms with Crippen LogP contribution in [0.2, 0.25) is 0 Å². The van der Waals surface area contributed by atoms with E-state index in [2.05, 4.69) is 31.2 Å². The molecule has 2 rings (SSSR count). The number of nitrogens with two attached hydrogens (primary N) is 1. The highest BCUT2D eigenvalue weighted by molar-refractivity contribution is 5.79. The van der Waals surface area contributed by atoms with Gasteiger partial charge in [-0.15, -0.1) is 0 Å². The number of likely N-dealkylation sites (N-methyl/N-ethyl adjacent to an activating group) is 1. The van der Waals surface area contributed by atoms with E-state index in [0.29, 0.717) is 18.4 Å². The first-order valence-corrected chi connectivity index (χ1v) is 7.79. The Balaban J connectivity index is 1.92. The van der Waals surface area contributed by atoms with Crippen LogP contribution in [0.5, 0.6) is 0 Å². The molecule has 1 saturated carbocycles. The Morgan fingerprint density at radius 1 is 1.30 bits per heavy atom. The zero-order valence-electron chi connectivity index (χ0n) is 12.4. The average Bonchev–Trinajstić information content (AvgIpc) is 2.97. The summed E-state index contributed by atoms with van der Waals surface area (Å²) < 4.78 is 0. The standard InChI is InChI=1S/C17H26N2O/c1-2-19(12-11-14-7-4-3-5-8-14)17(20)16-10-6-9-15(16)13-18/h3-5,7-8,15-16H,2,6,9-13,18H2,1H3. The molecule has 0 spiro atoms. The normalized spacial score (nSPS) is 21.9. The number of hydrogen-bond donors (Lipinski definition) is 1. The number of hydrogen-bond acceptors (Lipinski definition) is 2. The largest absolute Gasteiger partial charge is 0.342 e. The van der Waals surface area contributed by atoms with Crippen molar-refractivity contribution in [2.45, 2.75) is 32.6 Å². The van der Waals surface area contributed by atoms with Crippen molar-refractivity contribution in [2.24, 2.45) is 17.6 Å². The Kier molecular flexibility index (Phi) is 5.60. The molecule has 2 unspecified atom stereocenters. The van der Waals surface area contributed by atoms with Crippen LogP contribution < -0.4 is 5.73 Å². The van der Waals surface area contributed by atoms with Gasteiger partial charge in [0.15, 0.2) is 0 Å². The molecule has 1 fully saturated rings. The molecule has 1 aliphatic rings. The second kappa shape index (κ2) is 7.44. The maximum atomic E-state index is 12.6. The molecule has 0 bridgehead atoms. The van der Waals surface area contributed by atoms with Crippen LogP contribution in [0.3, 0.4) is 0 Å². The zero-order valence-corrected chi connectivity index (χ0v) is 12.4. The van der Waals surface area contributed by atoms with Gasteiger partial charge in [-0.05, 0) is 44.2 Å². The quantitative estimate of drug-likeness (QED) is 0.866. The highest BCUT2D eigenvalue weighted by atomic mass is 16.2. The predicted molar refractivity (Wildman–Crippen MR) is 82.3 cm³/mol. The van der Waals surface area contributed by atoms with Gasteiger partial charge in [0.25, 0.3) is 0 Å². The first-order chi connectivity index (χ1) is 9.76. The van der Waals surface area contributed by atoms with Gasteiger partial charge < -0.3 is 10.6 Å². The van der Waals surface area contributed by atoms with E-state index in [0.717, 1.165) is 38.8 Å². The fourth-order valence-electron chi connectivity index (χ4n) is 3.21. The van der Waals surface area contributed by atoms with Gasteiger partial charge in [0, 0.05) is 19.0 Å². The van der Waals surface area contributed by atoms with E-state index < -0.39 is 0 Å². The van der Waals surface area contributed by atoms with Crippen molar-refractivity contribution >= 4 is 5.91 Å². The monoisotopic (exact) mass is 274 g/mol. The van der Waals surface area contributed by atoms with E-state index >= 15 is 0 Å². The van der Waals surface area contributed by atoms with E-state index in [4.69, 9.17) is 5.73 Å². The molecule has 0 aliphatic heterocycles. The van der Waals surface area contributed by atoms with E-state index in [1.54, 1.807) is 0 Å². The maximum Gasteiger partial charge on any atom is 0.226 e. The molecular formula is C17H26N2O. The molecule has 1 amide bonds. The minimum absolute atomic E-state index is 0.163. The second-order valence-electron chi connectivity index (χ2n) is 5.69. The molecular weight excluding hydrogens is 248 g/mol. The average molecular weight is 274 g/mol. The van der Waals surface area contributed by atoms with Crippen LogP contribution in [0, 0.1) is 11.8 Å². The Bertz CT molecular complexity index is 418. The third-order valence-corrected chi connectivity index (χ3v) is 4.49. The van der Waals surface area contributed by atoms with E-state index in [9.17, 15) is 4.79 Å². The number of carbonyl (C=O) groups is 1. The van der Waals surface area contributed by atoms with Crippen LogP contribution in [0.4, 0.5) is 0 Å². The van der Waals surface area contributed by atoms with Gasteiger partial charge in [-0.1, -0.05) is 36.8 Å². The van der Waals surface area contributed by atoms with Crippen LogP contribution in [-0.4, -0.2) is 30.4 Å². The lowest BCUT2D eigenvalue weighted by Crippen LogP contribution is -2.40. The van der Waals surface area contributed by atoms with Crippen molar-refractivity contribution in [1.29, 1.82) is 0 Å². The first kappa shape index (κ1) is 15.0. The minimum atomic E-state index is 0.163. The van der Waals surface area contributed by atoms with Crippen molar-refractivity contribution in [3.63, 3.8) is 0 Å². The summed E-state index contributed by atoms with van der Waals surface area (Å²) in [6.45, 7) is 4.31. The van der Waals surface area contributed by atoms with Crippen LogP contribution in [0.25, 0.3) is 0 Å². The molecule has 2 N–H and O–H groups in total.